The average Bonchev–Trinajstić information content (AvgIpc) is 2.39. The van der Waals surface area contributed by atoms with Gasteiger partial charge in [0, 0.05) is 17.3 Å². The fraction of sp³-hybridized carbons (Fsp3) is 1.00. The molecule has 70 valence electrons. The smallest absolute Gasteiger partial charge is 0.0194 e. The van der Waals surface area contributed by atoms with Crippen molar-refractivity contribution in [2.45, 2.75) is 50.9 Å². The van der Waals surface area contributed by atoms with Gasteiger partial charge in [0.1, 0.15) is 0 Å². The molecule has 0 amide bonds. The predicted octanol–water partition coefficient (Wildman–Crippen LogP) is 2.27. The van der Waals surface area contributed by atoms with Gasteiger partial charge in [0.2, 0.25) is 0 Å². The summed E-state index contributed by atoms with van der Waals surface area (Å²) in [7, 11) is 0. The van der Waals surface area contributed by atoms with Gasteiger partial charge in [0.15, 0.2) is 0 Å². The van der Waals surface area contributed by atoms with Gasteiger partial charge in [-0.2, -0.15) is 11.8 Å². The van der Waals surface area contributed by atoms with Crippen LogP contribution in [0.15, 0.2) is 0 Å². The van der Waals surface area contributed by atoms with Crippen molar-refractivity contribution in [1.82, 2.24) is 5.32 Å². The van der Waals surface area contributed by atoms with E-state index < -0.39 is 0 Å². The van der Waals surface area contributed by atoms with Crippen molar-refractivity contribution >= 4 is 11.8 Å². The first-order valence-corrected chi connectivity index (χ1v) is 6.02. The molecule has 3 unspecified atom stereocenters. The molecule has 2 rings (SSSR count). The summed E-state index contributed by atoms with van der Waals surface area (Å²) < 4.78 is 0. The maximum absolute atomic E-state index is 3.77. The van der Waals surface area contributed by atoms with Gasteiger partial charge in [-0.25, -0.2) is 0 Å². The van der Waals surface area contributed by atoms with Crippen molar-refractivity contribution < 1.29 is 0 Å². The highest BCUT2D eigenvalue weighted by Crippen LogP contribution is 2.45. The molecule has 0 aromatic carbocycles. The molecule has 0 aromatic heterocycles. The van der Waals surface area contributed by atoms with Crippen molar-refractivity contribution in [1.29, 1.82) is 0 Å². The molecule has 0 aromatic rings. The quantitative estimate of drug-likeness (QED) is 0.708. The molecule has 3 atom stereocenters. The van der Waals surface area contributed by atoms with Gasteiger partial charge in [-0.05, 0) is 24.0 Å². The Labute approximate surface area is 79.7 Å². The summed E-state index contributed by atoms with van der Waals surface area (Å²) in [6, 6.07) is 1.60. The summed E-state index contributed by atoms with van der Waals surface area (Å²) in [5.41, 5.74) is 0.590. The Hall–Kier alpha value is 0.310. The number of thioether (sulfide) groups is 1. The molecule has 0 spiro atoms. The summed E-state index contributed by atoms with van der Waals surface area (Å²) in [4.78, 5) is 0. The molecule has 0 radical (unpaired) electrons. The lowest BCUT2D eigenvalue weighted by Gasteiger charge is -2.17. The highest BCUT2D eigenvalue weighted by molar-refractivity contribution is 8.00. The minimum Gasteiger partial charge on any atom is -0.310 e. The van der Waals surface area contributed by atoms with Gasteiger partial charge in [-0.1, -0.05) is 20.8 Å². The number of hydrogen-bond acceptors (Lipinski definition) is 2. The third-order valence-corrected chi connectivity index (χ3v) is 4.63. The fourth-order valence-electron chi connectivity index (χ4n) is 1.96. The van der Waals surface area contributed by atoms with Gasteiger partial charge < -0.3 is 5.32 Å². The lowest BCUT2D eigenvalue weighted by molar-refractivity contribution is 0.459. The van der Waals surface area contributed by atoms with Crippen LogP contribution in [0.2, 0.25) is 0 Å². The van der Waals surface area contributed by atoms with Gasteiger partial charge in [-0.3, -0.25) is 0 Å². The van der Waals surface area contributed by atoms with Gasteiger partial charge in [0.05, 0.1) is 0 Å². The molecule has 1 heterocycles. The second kappa shape index (κ2) is 2.91. The molecular formula is C10H19NS. The molecule has 1 saturated heterocycles. The maximum Gasteiger partial charge on any atom is 0.0194 e. The number of hydrogen-bond donors (Lipinski definition) is 1. The van der Waals surface area contributed by atoms with E-state index in [4.69, 9.17) is 0 Å². The van der Waals surface area contributed by atoms with Crippen LogP contribution in [0.1, 0.15) is 33.6 Å². The van der Waals surface area contributed by atoms with Gasteiger partial charge >= 0.3 is 0 Å². The Kier molecular flexibility index (Phi) is 2.16. The van der Waals surface area contributed by atoms with Crippen LogP contribution >= 0.6 is 11.8 Å². The van der Waals surface area contributed by atoms with E-state index in [1.807, 2.05) is 0 Å². The van der Waals surface area contributed by atoms with Gasteiger partial charge in [-0.15, -0.1) is 0 Å². The molecule has 2 aliphatic rings. The number of rotatable bonds is 2. The van der Waals surface area contributed by atoms with Crippen molar-refractivity contribution in [2.24, 2.45) is 5.41 Å². The van der Waals surface area contributed by atoms with Crippen LogP contribution in [-0.4, -0.2) is 23.1 Å². The second-order valence-electron chi connectivity index (χ2n) is 4.88. The Morgan fingerprint density at radius 3 is 2.50 bits per heavy atom. The van der Waals surface area contributed by atoms with E-state index in [0.29, 0.717) is 5.41 Å². The number of nitrogens with one attached hydrogen (secondary N) is 1. The fourth-order valence-corrected chi connectivity index (χ4v) is 3.17. The maximum atomic E-state index is 3.77. The second-order valence-corrected chi connectivity index (χ2v) is 6.37. The molecule has 0 bridgehead atoms. The summed E-state index contributed by atoms with van der Waals surface area (Å²) in [6.45, 7) is 7.07. The molecule has 1 aliphatic heterocycles. The van der Waals surface area contributed by atoms with Crippen LogP contribution in [0.25, 0.3) is 0 Å². The third kappa shape index (κ3) is 1.64. The molecule has 1 nitrogen and oxygen atoms in total. The zero-order valence-electron chi connectivity index (χ0n) is 8.26. The van der Waals surface area contributed by atoms with Crippen LogP contribution in [-0.2, 0) is 0 Å². The SMILES string of the molecule is CC1SCCC1NC1CC1(C)C. The molecule has 1 saturated carbocycles. The minimum absolute atomic E-state index is 0.590. The molecule has 2 fully saturated rings. The Morgan fingerprint density at radius 1 is 1.42 bits per heavy atom. The Balaban J connectivity index is 1.80. The van der Waals surface area contributed by atoms with Gasteiger partial charge in [0.25, 0.3) is 0 Å². The zero-order chi connectivity index (χ0) is 8.77. The predicted molar refractivity (Wildman–Crippen MR) is 55.6 cm³/mol. The van der Waals surface area contributed by atoms with E-state index in [1.165, 1.54) is 18.6 Å². The molecular weight excluding hydrogens is 166 g/mol. The Bertz CT molecular complexity index is 179. The van der Waals surface area contributed by atoms with E-state index >= 15 is 0 Å². The molecule has 12 heavy (non-hydrogen) atoms. The van der Waals surface area contributed by atoms with Crippen molar-refractivity contribution in [3.8, 4) is 0 Å². The zero-order valence-corrected chi connectivity index (χ0v) is 9.08. The minimum atomic E-state index is 0.590. The summed E-state index contributed by atoms with van der Waals surface area (Å²) >= 11 is 2.11. The summed E-state index contributed by atoms with van der Waals surface area (Å²) in [5, 5.41) is 4.61. The standard InChI is InChI=1S/C10H19NS/c1-7-8(4-5-12-7)11-9-6-10(9,2)3/h7-9,11H,4-6H2,1-3H3. The van der Waals surface area contributed by atoms with E-state index in [0.717, 1.165) is 17.3 Å². The first-order chi connectivity index (χ1) is 5.59. The lowest BCUT2D eigenvalue weighted by atomic mass is 10.1. The lowest BCUT2D eigenvalue weighted by Crippen LogP contribution is -2.36. The summed E-state index contributed by atoms with van der Waals surface area (Å²) in [6.07, 6.45) is 2.75. The first kappa shape index (κ1) is 8.89. The van der Waals surface area contributed by atoms with Crippen LogP contribution < -0.4 is 5.32 Å². The molecule has 2 heteroatoms. The monoisotopic (exact) mass is 185 g/mol. The van der Waals surface area contributed by atoms with E-state index in [1.54, 1.807) is 0 Å². The van der Waals surface area contributed by atoms with Crippen LogP contribution in [0, 0.1) is 5.41 Å². The summed E-state index contributed by atoms with van der Waals surface area (Å²) in [5.74, 6) is 1.35. The van der Waals surface area contributed by atoms with Crippen molar-refractivity contribution in [2.75, 3.05) is 5.75 Å². The van der Waals surface area contributed by atoms with Crippen LogP contribution in [0.3, 0.4) is 0 Å². The van der Waals surface area contributed by atoms with Crippen LogP contribution in [0.5, 0.6) is 0 Å². The van der Waals surface area contributed by atoms with E-state index in [9.17, 15) is 0 Å². The highest BCUT2D eigenvalue weighted by atomic mass is 32.2. The van der Waals surface area contributed by atoms with Crippen LogP contribution in [0.4, 0.5) is 0 Å². The van der Waals surface area contributed by atoms with E-state index in [2.05, 4.69) is 37.8 Å². The third-order valence-electron chi connectivity index (χ3n) is 3.30. The largest absolute Gasteiger partial charge is 0.310 e. The van der Waals surface area contributed by atoms with Crippen molar-refractivity contribution in [3.05, 3.63) is 0 Å². The highest BCUT2D eigenvalue weighted by Gasteiger charge is 2.47. The first-order valence-electron chi connectivity index (χ1n) is 4.97. The van der Waals surface area contributed by atoms with Crippen molar-refractivity contribution in [3.63, 3.8) is 0 Å². The normalized spacial score (nSPS) is 44.8. The molecule has 1 N–H and O–H groups in total. The average molecular weight is 185 g/mol. The topological polar surface area (TPSA) is 12.0 Å². The van der Waals surface area contributed by atoms with E-state index in [-0.39, 0.29) is 0 Å². The Morgan fingerprint density at radius 2 is 2.08 bits per heavy atom. The molecule has 1 aliphatic carbocycles.